The summed E-state index contributed by atoms with van der Waals surface area (Å²) in [6.07, 6.45) is 0. The zero-order valence-electron chi connectivity index (χ0n) is 17.2. The van der Waals surface area contributed by atoms with Crippen LogP contribution in [0.4, 0.5) is 11.5 Å². The number of anilines is 2. The highest BCUT2D eigenvalue weighted by Gasteiger charge is 2.22. The zero-order valence-corrected chi connectivity index (χ0v) is 17.2. The van der Waals surface area contributed by atoms with Gasteiger partial charge >= 0.3 is 0 Å². The fourth-order valence-corrected chi connectivity index (χ4v) is 3.75. The van der Waals surface area contributed by atoms with Crippen LogP contribution in [0.2, 0.25) is 0 Å². The fourth-order valence-electron chi connectivity index (χ4n) is 3.75. The summed E-state index contributed by atoms with van der Waals surface area (Å²) >= 11 is 0. The molecular weight excluding hydrogens is 376 g/mol. The minimum absolute atomic E-state index is 0.595. The second-order valence-corrected chi connectivity index (χ2v) is 7.05. The van der Waals surface area contributed by atoms with E-state index in [-0.39, 0.29) is 0 Å². The average Bonchev–Trinajstić information content (AvgIpc) is 2.83. The third-order valence-electron chi connectivity index (χ3n) is 5.39. The maximum absolute atomic E-state index is 9.62. The molecule has 0 spiro atoms. The number of piperazine rings is 1. The summed E-state index contributed by atoms with van der Waals surface area (Å²) in [4.78, 5) is 9.35. The monoisotopic (exact) mass is 400 g/mol. The molecule has 0 aliphatic carbocycles. The van der Waals surface area contributed by atoms with E-state index in [9.17, 15) is 5.26 Å². The number of hydrogen-bond donors (Lipinski definition) is 0. The molecule has 0 bridgehead atoms. The molecule has 3 aromatic rings. The number of benzene rings is 2. The van der Waals surface area contributed by atoms with E-state index in [2.05, 4.69) is 21.9 Å². The molecule has 1 aromatic heterocycles. The van der Waals surface area contributed by atoms with Gasteiger partial charge < -0.3 is 19.3 Å². The summed E-state index contributed by atoms with van der Waals surface area (Å²) in [6.45, 7) is 3.23. The van der Waals surface area contributed by atoms with Gasteiger partial charge in [-0.25, -0.2) is 4.98 Å². The molecule has 0 radical (unpaired) electrons. The summed E-state index contributed by atoms with van der Waals surface area (Å²) in [5.41, 5.74) is 3.53. The molecule has 2 aromatic carbocycles. The van der Waals surface area contributed by atoms with Gasteiger partial charge in [-0.1, -0.05) is 12.1 Å². The molecule has 2 heterocycles. The summed E-state index contributed by atoms with van der Waals surface area (Å²) in [5, 5.41) is 9.62. The van der Waals surface area contributed by atoms with E-state index in [1.807, 2.05) is 54.6 Å². The van der Waals surface area contributed by atoms with Gasteiger partial charge in [0.15, 0.2) is 0 Å². The molecule has 0 amide bonds. The highest BCUT2D eigenvalue weighted by atomic mass is 16.5. The van der Waals surface area contributed by atoms with Crippen LogP contribution in [0, 0.1) is 11.3 Å². The summed E-state index contributed by atoms with van der Waals surface area (Å²) in [6, 6.07) is 21.9. The van der Waals surface area contributed by atoms with Gasteiger partial charge in [0, 0.05) is 31.7 Å². The van der Waals surface area contributed by atoms with Crippen LogP contribution >= 0.6 is 0 Å². The standard InChI is InChI=1S/C24H24N4O2/c1-29-20-10-7-18(8-11-20)21-12-9-19(17-25)24(26-21)28-15-13-27(14-16-28)22-5-3-4-6-23(22)30-2/h3-12H,13-16H2,1-2H3. The molecule has 0 N–H and O–H groups in total. The Labute approximate surface area is 176 Å². The lowest BCUT2D eigenvalue weighted by molar-refractivity contribution is 0.413. The molecule has 30 heavy (non-hydrogen) atoms. The number of ether oxygens (including phenoxy) is 2. The molecule has 1 fully saturated rings. The van der Waals surface area contributed by atoms with E-state index in [0.717, 1.165) is 60.4 Å². The SMILES string of the molecule is COc1ccc(-c2ccc(C#N)c(N3CCN(c4ccccc4OC)CC3)n2)cc1. The Bertz CT molecular complexity index is 1050. The number of aromatic nitrogens is 1. The van der Waals surface area contributed by atoms with Gasteiger partial charge in [-0.2, -0.15) is 5.26 Å². The van der Waals surface area contributed by atoms with Gasteiger partial charge in [0.25, 0.3) is 0 Å². The van der Waals surface area contributed by atoms with Crippen molar-refractivity contribution in [3.8, 4) is 28.8 Å². The maximum Gasteiger partial charge on any atom is 0.147 e. The quantitative estimate of drug-likeness (QED) is 0.646. The van der Waals surface area contributed by atoms with Crippen molar-refractivity contribution < 1.29 is 9.47 Å². The second-order valence-electron chi connectivity index (χ2n) is 7.05. The number of nitriles is 1. The Kier molecular flexibility index (Phi) is 5.71. The highest BCUT2D eigenvalue weighted by Crippen LogP contribution is 2.30. The number of pyridine rings is 1. The first-order valence-electron chi connectivity index (χ1n) is 9.92. The first kappa shape index (κ1) is 19.6. The van der Waals surface area contributed by atoms with Crippen molar-refractivity contribution in [3.63, 3.8) is 0 Å². The first-order chi connectivity index (χ1) is 14.7. The second kappa shape index (κ2) is 8.75. The summed E-state index contributed by atoms with van der Waals surface area (Å²) in [5.74, 6) is 2.42. The van der Waals surface area contributed by atoms with Crippen LogP contribution in [0.1, 0.15) is 5.56 Å². The average molecular weight is 400 g/mol. The summed E-state index contributed by atoms with van der Waals surface area (Å²) in [7, 11) is 3.35. The van der Waals surface area contributed by atoms with Gasteiger partial charge in [-0.05, 0) is 48.5 Å². The predicted octanol–water partition coefficient (Wildman–Crippen LogP) is 3.96. The molecule has 1 aliphatic rings. The van der Waals surface area contributed by atoms with Crippen molar-refractivity contribution in [1.29, 1.82) is 5.26 Å². The number of hydrogen-bond acceptors (Lipinski definition) is 6. The fraction of sp³-hybridized carbons (Fsp3) is 0.250. The third-order valence-corrected chi connectivity index (χ3v) is 5.39. The van der Waals surface area contributed by atoms with Crippen LogP contribution < -0.4 is 19.3 Å². The van der Waals surface area contributed by atoms with E-state index in [1.54, 1.807) is 14.2 Å². The van der Waals surface area contributed by atoms with Crippen molar-refractivity contribution in [2.24, 2.45) is 0 Å². The number of para-hydroxylation sites is 2. The van der Waals surface area contributed by atoms with Crippen molar-refractivity contribution in [2.45, 2.75) is 0 Å². The molecule has 152 valence electrons. The van der Waals surface area contributed by atoms with Gasteiger partial charge in [0.05, 0.1) is 31.2 Å². The number of nitrogens with zero attached hydrogens (tertiary/aromatic N) is 4. The first-order valence-corrected chi connectivity index (χ1v) is 9.92. The normalized spacial score (nSPS) is 13.6. The van der Waals surface area contributed by atoms with E-state index in [4.69, 9.17) is 14.5 Å². The van der Waals surface area contributed by atoms with Crippen LogP contribution in [-0.4, -0.2) is 45.4 Å². The van der Waals surface area contributed by atoms with Crippen LogP contribution in [0.3, 0.4) is 0 Å². The lowest BCUT2D eigenvalue weighted by atomic mass is 10.1. The molecule has 6 nitrogen and oxygen atoms in total. The Morgan fingerprint density at radius 3 is 2.20 bits per heavy atom. The lowest BCUT2D eigenvalue weighted by Gasteiger charge is -2.37. The number of rotatable bonds is 5. The van der Waals surface area contributed by atoms with Gasteiger partial charge in [0.2, 0.25) is 0 Å². The minimum Gasteiger partial charge on any atom is -0.497 e. The summed E-state index contributed by atoms with van der Waals surface area (Å²) < 4.78 is 10.7. The topological polar surface area (TPSA) is 61.6 Å². The molecule has 0 unspecified atom stereocenters. The van der Waals surface area contributed by atoms with E-state index in [1.165, 1.54) is 0 Å². The smallest absolute Gasteiger partial charge is 0.147 e. The van der Waals surface area contributed by atoms with Crippen LogP contribution in [0.15, 0.2) is 60.7 Å². The van der Waals surface area contributed by atoms with E-state index >= 15 is 0 Å². The Hall–Kier alpha value is -3.72. The minimum atomic E-state index is 0.595. The molecule has 0 saturated carbocycles. The highest BCUT2D eigenvalue weighted by molar-refractivity contribution is 5.67. The van der Waals surface area contributed by atoms with E-state index in [0.29, 0.717) is 5.56 Å². The van der Waals surface area contributed by atoms with Crippen molar-refractivity contribution in [3.05, 3.63) is 66.2 Å². The molecule has 1 aliphatic heterocycles. The van der Waals surface area contributed by atoms with Crippen molar-refractivity contribution >= 4 is 11.5 Å². The maximum atomic E-state index is 9.62. The Morgan fingerprint density at radius 1 is 0.833 bits per heavy atom. The van der Waals surface area contributed by atoms with Crippen molar-refractivity contribution in [1.82, 2.24) is 4.98 Å². The molecular formula is C24H24N4O2. The van der Waals surface area contributed by atoms with Gasteiger partial charge in [0.1, 0.15) is 23.4 Å². The Morgan fingerprint density at radius 2 is 1.53 bits per heavy atom. The van der Waals surface area contributed by atoms with Gasteiger partial charge in [-0.3, -0.25) is 0 Å². The molecule has 1 saturated heterocycles. The molecule has 4 rings (SSSR count). The van der Waals surface area contributed by atoms with Crippen LogP contribution in [-0.2, 0) is 0 Å². The largest absolute Gasteiger partial charge is 0.497 e. The van der Waals surface area contributed by atoms with Crippen LogP contribution in [0.5, 0.6) is 11.5 Å². The van der Waals surface area contributed by atoms with E-state index < -0.39 is 0 Å². The van der Waals surface area contributed by atoms with Gasteiger partial charge in [-0.15, -0.1) is 0 Å². The Balaban J connectivity index is 1.56. The molecule has 0 atom stereocenters. The van der Waals surface area contributed by atoms with Crippen LogP contribution in [0.25, 0.3) is 11.3 Å². The predicted molar refractivity (Wildman–Crippen MR) is 118 cm³/mol. The lowest BCUT2D eigenvalue weighted by Crippen LogP contribution is -2.47. The third kappa shape index (κ3) is 3.87. The number of methoxy groups -OCH3 is 2. The zero-order chi connectivity index (χ0) is 20.9. The molecule has 6 heteroatoms. The van der Waals surface area contributed by atoms with Crippen molar-refractivity contribution in [2.75, 3.05) is 50.2 Å².